The van der Waals surface area contributed by atoms with E-state index in [0.29, 0.717) is 29.4 Å². The van der Waals surface area contributed by atoms with E-state index < -0.39 is 0 Å². The quantitative estimate of drug-likeness (QED) is 0.698. The maximum Gasteiger partial charge on any atom is 0.340 e. The number of urea groups is 1. The molecule has 1 aromatic carbocycles. The Balaban J connectivity index is 2.07. The van der Waals surface area contributed by atoms with E-state index in [4.69, 9.17) is 4.74 Å². The van der Waals surface area contributed by atoms with Crippen LogP contribution < -0.4 is 16.0 Å². The van der Waals surface area contributed by atoms with Crippen LogP contribution in [0.15, 0.2) is 42.6 Å². The van der Waals surface area contributed by atoms with Crippen LogP contribution in [0.2, 0.25) is 0 Å². The summed E-state index contributed by atoms with van der Waals surface area (Å²) in [4.78, 5) is 27.8. The Morgan fingerprint density at radius 1 is 1.16 bits per heavy atom. The molecule has 1 aromatic heterocycles. The van der Waals surface area contributed by atoms with Crippen molar-refractivity contribution in [1.82, 2.24) is 10.3 Å². The summed E-state index contributed by atoms with van der Waals surface area (Å²) in [7, 11) is 0. The lowest BCUT2D eigenvalue weighted by molar-refractivity contribution is 0.0527. The van der Waals surface area contributed by atoms with Crippen molar-refractivity contribution in [3.63, 3.8) is 0 Å². The van der Waals surface area contributed by atoms with Gasteiger partial charge < -0.3 is 15.4 Å². The van der Waals surface area contributed by atoms with Crippen molar-refractivity contribution >= 4 is 29.2 Å². The molecule has 0 unspecified atom stereocenters. The largest absolute Gasteiger partial charge is 0.462 e. The molecule has 1 heterocycles. The molecular formula is C18H22N4O3. The molecule has 0 aliphatic heterocycles. The van der Waals surface area contributed by atoms with E-state index in [1.54, 1.807) is 43.5 Å². The van der Waals surface area contributed by atoms with Gasteiger partial charge in [-0.25, -0.2) is 14.6 Å². The molecule has 0 bridgehead atoms. The van der Waals surface area contributed by atoms with Crippen molar-refractivity contribution < 1.29 is 14.3 Å². The van der Waals surface area contributed by atoms with Crippen molar-refractivity contribution in [3.8, 4) is 0 Å². The summed E-state index contributed by atoms with van der Waals surface area (Å²) in [5.74, 6) is 0.0459. The average molecular weight is 342 g/mol. The molecule has 0 radical (unpaired) electrons. The Kier molecular flexibility index (Phi) is 6.33. The lowest BCUT2D eigenvalue weighted by Gasteiger charge is -2.12. The second-order valence-corrected chi connectivity index (χ2v) is 5.58. The molecule has 0 spiro atoms. The van der Waals surface area contributed by atoms with Gasteiger partial charge in [-0.1, -0.05) is 12.1 Å². The molecule has 2 rings (SSSR count). The number of nitrogens with zero attached hydrogens (tertiary/aromatic N) is 1. The number of hydrogen-bond acceptors (Lipinski definition) is 5. The molecule has 0 saturated carbocycles. The number of anilines is 3. The first kappa shape index (κ1) is 18.3. The number of ether oxygens (including phenoxy) is 1. The molecule has 3 N–H and O–H groups in total. The third kappa shape index (κ3) is 5.49. The molecule has 25 heavy (non-hydrogen) atoms. The highest BCUT2D eigenvalue weighted by Gasteiger charge is 2.12. The van der Waals surface area contributed by atoms with Crippen LogP contribution in [-0.4, -0.2) is 29.6 Å². The first-order valence-corrected chi connectivity index (χ1v) is 8.06. The fourth-order valence-electron chi connectivity index (χ4n) is 2.09. The van der Waals surface area contributed by atoms with Gasteiger partial charge in [0.15, 0.2) is 0 Å². The third-order valence-electron chi connectivity index (χ3n) is 3.13. The molecule has 0 aliphatic carbocycles. The number of carbonyl (C=O) groups is 2. The van der Waals surface area contributed by atoms with Crippen molar-refractivity contribution in [2.45, 2.75) is 26.8 Å². The average Bonchev–Trinajstić information content (AvgIpc) is 2.56. The monoisotopic (exact) mass is 342 g/mol. The van der Waals surface area contributed by atoms with Crippen LogP contribution >= 0.6 is 0 Å². The smallest absolute Gasteiger partial charge is 0.340 e. The third-order valence-corrected chi connectivity index (χ3v) is 3.13. The van der Waals surface area contributed by atoms with Crippen molar-refractivity contribution in [2.75, 3.05) is 17.2 Å². The van der Waals surface area contributed by atoms with Gasteiger partial charge in [-0.15, -0.1) is 0 Å². The predicted octanol–water partition coefficient (Wildman–Crippen LogP) is 3.53. The molecule has 0 saturated heterocycles. The molecule has 2 amide bonds. The van der Waals surface area contributed by atoms with Crippen LogP contribution in [0.1, 0.15) is 31.1 Å². The highest BCUT2D eigenvalue weighted by molar-refractivity contribution is 5.96. The van der Waals surface area contributed by atoms with Crippen LogP contribution in [0.25, 0.3) is 0 Å². The van der Waals surface area contributed by atoms with E-state index in [0.717, 1.165) is 0 Å². The fourth-order valence-corrected chi connectivity index (χ4v) is 2.09. The van der Waals surface area contributed by atoms with Gasteiger partial charge in [-0.05, 0) is 45.0 Å². The minimum atomic E-state index is -0.387. The number of amides is 2. The van der Waals surface area contributed by atoms with Gasteiger partial charge in [0.2, 0.25) is 0 Å². The summed E-state index contributed by atoms with van der Waals surface area (Å²) < 4.78 is 5.05. The molecule has 132 valence electrons. The maximum absolute atomic E-state index is 12.0. The number of esters is 1. The number of benzene rings is 1. The lowest BCUT2D eigenvalue weighted by Crippen LogP contribution is -2.34. The van der Waals surface area contributed by atoms with Gasteiger partial charge in [0.25, 0.3) is 0 Å². The van der Waals surface area contributed by atoms with Crippen LogP contribution in [0, 0.1) is 0 Å². The zero-order valence-corrected chi connectivity index (χ0v) is 14.5. The molecule has 0 atom stereocenters. The number of rotatable bonds is 6. The molecule has 7 heteroatoms. The van der Waals surface area contributed by atoms with E-state index in [2.05, 4.69) is 20.9 Å². The summed E-state index contributed by atoms with van der Waals surface area (Å²) in [5, 5.41) is 8.50. The number of pyridine rings is 1. The van der Waals surface area contributed by atoms with Gasteiger partial charge in [0, 0.05) is 6.04 Å². The predicted molar refractivity (Wildman–Crippen MR) is 97.2 cm³/mol. The summed E-state index contributed by atoms with van der Waals surface area (Å²) in [6.45, 7) is 5.83. The van der Waals surface area contributed by atoms with Gasteiger partial charge in [-0.3, -0.25) is 5.32 Å². The van der Waals surface area contributed by atoms with Gasteiger partial charge in [-0.2, -0.15) is 0 Å². The Morgan fingerprint density at radius 2 is 1.92 bits per heavy atom. The van der Waals surface area contributed by atoms with Gasteiger partial charge >= 0.3 is 12.0 Å². The minimum absolute atomic E-state index is 0.0420. The Bertz CT molecular complexity index is 729. The fraction of sp³-hybridized carbons (Fsp3) is 0.278. The van der Waals surface area contributed by atoms with Crippen LogP contribution in [0.3, 0.4) is 0 Å². The summed E-state index contributed by atoms with van der Waals surface area (Å²) in [6, 6.07) is 10.3. The molecule has 7 nitrogen and oxygen atoms in total. The molecule has 0 aliphatic rings. The van der Waals surface area contributed by atoms with Gasteiger partial charge in [0.1, 0.15) is 5.82 Å². The first-order chi connectivity index (χ1) is 12.0. The Labute approximate surface area is 146 Å². The topological polar surface area (TPSA) is 92.4 Å². The standard InChI is InChI=1S/C18H22N4O3/c1-4-25-17(23)14-7-5-6-8-15(14)21-13-9-10-16(19-11-13)22-18(24)20-12(2)3/h5-12,21H,4H2,1-3H3,(H2,19,20,22,24). The maximum atomic E-state index is 12.0. The van der Waals surface area contributed by atoms with Crippen molar-refractivity contribution in [1.29, 1.82) is 0 Å². The SMILES string of the molecule is CCOC(=O)c1ccccc1Nc1ccc(NC(=O)NC(C)C)nc1. The highest BCUT2D eigenvalue weighted by atomic mass is 16.5. The normalized spacial score (nSPS) is 10.2. The zero-order chi connectivity index (χ0) is 18.2. The van der Waals surface area contributed by atoms with Crippen LogP contribution in [-0.2, 0) is 4.74 Å². The minimum Gasteiger partial charge on any atom is -0.462 e. The second kappa shape index (κ2) is 8.68. The van der Waals surface area contributed by atoms with E-state index in [-0.39, 0.29) is 18.0 Å². The van der Waals surface area contributed by atoms with E-state index in [1.165, 1.54) is 0 Å². The lowest BCUT2D eigenvalue weighted by atomic mass is 10.1. The number of para-hydroxylation sites is 1. The van der Waals surface area contributed by atoms with E-state index >= 15 is 0 Å². The number of nitrogens with one attached hydrogen (secondary N) is 3. The number of aromatic nitrogens is 1. The number of hydrogen-bond donors (Lipinski definition) is 3. The summed E-state index contributed by atoms with van der Waals surface area (Å²) in [6.07, 6.45) is 1.58. The van der Waals surface area contributed by atoms with Crippen LogP contribution in [0.4, 0.5) is 22.0 Å². The van der Waals surface area contributed by atoms with Crippen molar-refractivity contribution in [3.05, 3.63) is 48.2 Å². The van der Waals surface area contributed by atoms with Crippen LogP contribution in [0.5, 0.6) is 0 Å². The molecular weight excluding hydrogens is 320 g/mol. The first-order valence-electron chi connectivity index (χ1n) is 8.06. The van der Waals surface area contributed by atoms with E-state index in [1.807, 2.05) is 19.9 Å². The molecule has 2 aromatic rings. The Hall–Kier alpha value is -3.09. The van der Waals surface area contributed by atoms with Crippen molar-refractivity contribution in [2.24, 2.45) is 0 Å². The molecule has 0 fully saturated rings. The van der Waals surface area contributed by atoms with Gasteiger partial charge in [0.05, 0.1) is 29.7 Å². The second-order valence-electron chi connectivity index (χ2n) is 5.58. The van der Waals surface area contributed by atoms with E-state index in [9.17, 15) is 9.59 Å². The summed E-state index contributed by atoms with van der Waals surface area (Å²) >= 11 is 0. The zero-order valence-electron chi connectivity index (χ0n) is 14.5. The number of carbonyl (C=O) groups excluding carboxylic acids is 2. The highest BCUT2D eigenvalue weighted by Crippen LogP contribution is 2.22. The summed E-state index contributed by atoms with van der Waals surface area (Å²) in [5.41, 5.74) is 1.76. The Morgan fingerprint density at radius 3 is 2.56 bits per heavy atom.